The molecule has 0 aromatic heterocycles. The molecule has 0 spiro atoms. The number of methoxy groups -OCH3 is 1. The fourth-order valence-corrected chi connectivity index (χ4v) is 3.77. The van der Waals surface area contributed by atoms with Gasteiger partial charge in [0.2, 0.25) is 0 Å². The van der Waals surface area contributed by atoms with Crippen molar-refractivity contribution >= 4 is 29.4 Å². The van der Waals surface area contributed by atoms with E-state index in [0.717, 1.165) is 18.8 Å². The summed E-state index contributed by atoms with van der Waals surface area (Å²) in [6.07, 6.45) is 3.93. The maximum absolute atomic E-state index is 12.4. The molecule has 1 heterocycles. The lowest BCUT2D eigenvalue weighted by atomic mass is 10.2. The van der Waals surface area contributed by atoms with Crippen molar-refractivity contribution in [3.05, 3.63) is 83.9 Å². The molecule has 0 unspecified atom stereocenters. The first-order chi connectivity index (χ1) is 17.1. The summed E-state index contributed by atoms with van der Waals surface area (Å²) in [5.74, 6) is 0.311. The highest BCUT2D eigenvalue weighted by molar-refractivity contribution is 5.95. The van der Waals surface area contributed by atoms with Gasteiger partial charge in [-0.05, 0) is 73.0 Å². The van der Waals surface area contributed by atoms with Gasteiger partial charge in [-0.2, -0.15) is 5.10 Å². The predicted molar refractivity (Wildman–Crippen MR) is 137 cm³/mol. The van der Waals surface area contributed by atoms with E-state index in [4.69, 9.17) is 9.47 Å². The predicted octanol–water partition coefficient (Wildman–Crippen LogP) is 4.08. The molecule has 1 aliphatic heterocycles. The van der Waals surface area contributed by atoms with Crippen molar-refractivity contribution in [2.75, 3.05) is 37.0 Å². The number of carbonyl (C=O) groups is 2. The third-order valence-corrected chi connectivity index (χ3v) is 5.58. The lowest BCUT2D eigenvalue weighted by molar-refractivity contribution is -0.118. The third-order valence-electron chi connectivity index (χ3n) is 5.58. The number of rotatable bonds is 9. The first-order valence-corrected chi connectivity index (χ1v) is 11.5. The van der Waals surface area contributed by atoms with Crippen molar-refractivity contribution in [3.8, 4) is 11.5 Å². The molecular formula is C27H28N4O4. The Morgan fingerprint density at radius 3 is 2.43 bits per heavy atom. The molecule has 1 fully saturated rings. The van der Waals surface area contributed by atoms with Gasteiger partial charge >= 0.3 is 0 Å². The van der Waals surface area contributed by atoms with Crippen LogP contribution in [0.2, 0.25) is 0 Å². The van der Waals surface area contributed by atoms with E-state index in [2.05, 4.69) is 20.7 Å². The molecule has 0 radical (unpaired) electrons. The number of hydrogen-bond acceptors (Lipinski definition) is 6. The van der Waals surface area contributed by atoms with Crippen molar-refractivity contribution < 1.29 is 19.1 Å². The number of nitrogens with one attached hydrogen (secondary N) is 2. The van der Waals surface area contributed by atoms with E-state index >= 15 is 0 Å². The van der Waals surface area contributed by atoms with E-state index in [1.54, 1.807) is 30.3 Å². The van der Waals surface area contributed by atoms with Gasteiger partial charge < -0.3 is 19.7 Å². The Kier molecular flexibility index (Phi) is 7.96. The summed E-state index contributed by atoms with van der Waals surface area (Å²) in [7, 11) is 1.51. The quantitative estimate of drug-likeness (QED) is 0.362. The molecule has 8 heteroatoms. The summed E-state index contributed by atoms with van der Waals surface area (Å²) >= 11 is 0. The Balaban J connectivity index is 1.29. The maximum atomic E-state index is 12.4. The van der Waals surface area contributed by atoms with Gasteiger partial charge in [0.25, 0.3) is 11.8 Å². The Hall–Kier alpha value is -4.33. The number of para-hydroxylation sites is 1. The van der Waals surface area contributed by atoms with E-state index in [1.807, 2.05) is 42.5 Å². The Labute approximate surface area is 204 Å². The van der Waals surface area contributed by atoms with Gasteiger partial charge in [0, 0.05) is 30.0 Å². The molecule has 180 valence electrons. The lowest BCUT2D eigenvalue weighted by Crippen LogP contribution is -2.20. The largest absolute Gasteiger partial charge is 0.493 e. The lowest BCUT2D eigenvalue weighted by Gasteiger charge is -2.17. The van der Waals surface area contributed by atoms with E-state index in [-0.39, 0.29) is 18.4 Å². The van der Waals surface area contributed by atoms with Crippen LogP contribution in [0.1, 0.15) is 28.8 Å². The summed E-state index contributed by atoms with van der Waals surface area (Å²) in [5, 5.41) is 6.81. The Morgan fingerprint density at radius 1 is 0.971 bits per heavy atom. The molecular weight excluding hydrogens is 444 g/mol. The summed E-state index contributed by atoms with van der Waals surface area (Å²) in [5.41, 5.74) is 5.62. The topological polar surface area (TPSA) is 92.3 Å². The van der Waals surface area contributed by atoms with E-state index in [0.29, 0.717) is 28.3 Å². The van der Waals surface area contributed by atoms with Crippen molar-refractivity contribution in [2.24, 2.45) is 5.10 Å². The zero-order valence-corrected chi connectivity index (χ0v) is 19.6. The van der Waals surface area contributed by atoms with Crippen LogP contribution in [0.5, 0.6) is 11.5 Å². The second kappa shape index (κ2) is 11.7. The highest BCUT2D eigenvalue weighted by Crippen LogP contribution is 2.27. The number of amides is 2. The van der Waals surface area contributed by atoms with Crippen LogP contribution in [-0.2, 0) is 4.79 Å². The highest BCUT2D eigenvalue weighted by atomic mass is 16.5. The van der Waals surface area contributed by atoms with E-state index < -0.39 is 0 Å². The first kappa shape index (κ1) is 23.8. The molecule has 0 aliphatic carbocycles. The SMILES string of the molecule is COc1cc(/C=N\NC(=O)c2ccc(N3CCCC3)cc2)ccc1OCC(=O)Nc1ccccc1. The molecule has 35 heavy (non-hydrogen) atoms. The molecule has 0 saturated carbocycles. The molecule has 0 atom stereocenters. The molecule has 0 bridgehead atoms. The number of carbonyl (C=O) groups excluding carboxylic acids is 2. The van der Waals surface area contributed by atoms with Gasteiger partial charge in [-0.1, -0.05) is 18.2 Å². The van der Waals surface area contributed by atoms with Gasteiger partial charge in [0.15, 0.2) is 18.1 Å². The zero-order chi connectivity index (χ0) is 24.5. The summed E-state index contributed by atoms with van der Waals surface area (Å²) in [6.45, 7) is 1.96. The molecule has 1 aliphatic rings. The zero-order valence-electron chi connectivity index (χ0n) is 19.6. The second-order valence-electron chi connectivity index (χ2n) is 8.05. The normalized spacial score (nSPS) is 13.0. The summed E-state index contributed by atoms with van der Waals surface area (Å²) in [4.78, 5) is 26.8. The molecule has 2 N–H and O–H groups in total. The molecule has 2 amide bonds. The molecule has 3 aromatic carbocycles. The van der Waals surface area contributed by atoms with Crippen LogP contribution in [-0.4, -0.2) is 44.8 Å². The minimum Gasteiger partial charge on any atom is -0.493 e. The number of hydrazone groups is 1. The Bertz CT molecular complexity index is 1170. The van der Waals surface area contributed by atoms with Crippen LogP contribution in [0.25, 0.3) is 0 Å². The number of nitrogens with zero attached hydrogens (tertiary/aromatic N) is 2. The van der Waals surface area contributed by atoms with Crippen molar-refractivity contribution in [1.82, 2.24) is 5.43 Å². The fraction of sp³-hybridized carbons (Fsp3) is 0.222. The smallest absolute Gasteiger partial charge is 0.271 e. The van der Waals surface area contributed by atoms with Crippen LogP contribution in [0.15, 0.2) is 77.9 Å². The Morgan fingerprint density at radius 2 is 1.71 bits per heavy atom. The average Bonchev–Trinajstić information content (AvgIpc) is 3.43. The van der Waals surface area contributed by atoms with Crippen LogP contribution < -0.4 is 25.1 Å². The van der Waals surface area contributed by atoms with Crippen molar-refractivity contribution in [3.63, 3.8) is 0 Å². The summed E-state index contributed by atoms with van der Waals surface area (Å²) in [6, 6.07) is 21.9. The first-order valence-electron chi connectivity index (χ1n) is 11.5. The standard InChI is InChI=1S/C27H28N4O4/c1-34-25-17-20(9-14-24(25)35-19-26(32)29-22-7-3-2-4-8-22)18-28-30-27(33)21-10-12-23(13-11-21)31-15-5-6-16-31/h2-4,7-14,17-18H,5-6,15-16,19H2,1H3,(H,29,32)(H,30,33)/b28-18-. The monoisotopic (exact) mass is 472 g/mol. The third kappa shape index (κ3) is 6.60. The molecule has 8 nitrogen and oxygen atoms in total. The van der Waals surface area contributed by atoms with Gasteiger partial charge in [0.1, 0.15) is 0 Å². The van der Waals surface area contributed by atoms with Crippen molar-refractivity contribution in [1.29, 1.82) is 0 Å². The molecule has 3 aromatic rings. The minimum atomic E-state index is -0.287. The molecule has 1 saturated heterocycles. The second-order valence-corrected chi connectivity index (χ2v) is 8.05. The van der Waals surface area contributed by atoms with E-state index in [1.165, 1.54) is 26.2 Å². The van der Waals surface area contributed by atoms with E-state index in [9.17, 15) is 9.59 Å². The number of benzene rings is 3. The minimum absolute atomic E-state index is 0.161. The van der Waals surface area contributed by atoms with Gasteiger partial charge in [0.05, 0.1) is 13.3 Å². The van der Waals surface area contributed by atoms with Crippen LogP contribution in [0.4, 0.5) is 11.4 Å². The van der Waals surface area contributed by atoms with Crippen LogP contribution >= 0.6 is 0 Å². The number of hydrogen-bond donors (Lipinski definition) is 2. The van der Waals surface area contributed by atoms with Gasteiger partial charge in [-0.15, -0.1) is 0 Å². The highest BCUT2D eigenvalue weighted by Gasteiger charge is 2.13. The summed E-state index contributed by atoms with van der Waals surface area (Å²) < 4.78 is 11.0. The average molecular weight is 473 g/mol. The van der Waals surface area contributed by atoms with Gasteiger partial charge in [-0.25, -0.2) is 5.43 Å². The van der Waals surface area contributed by atoms with Crippen LogP contribution in [0.3, 0.4) is 0 Å². The van der Waals surface area contributed by atoms with Crippen LogP contribution in [0, 0.1) is 0 Å². The fourth-order valence-electron chi connectivity index (χ4n) is 3.77. The molecule has 4 rings (SSSR count). The van der Waals surface area contributed by atoms with Gasteiger partial charge in [-0.3, -0.25) is 9.59 Å². The van der Waals surface area contributed by atoms with Crippen molar-refractivity contribution in [2.45, 2.75) is 12.8 Å². The number of ether oxygens (including phenoxy) is 2. The maximum Gasteiger partial charge on any atom is 0.271 e. The number of anilines is 2.